The molecule has 14 heavy (non-hydrogen) atoms. The molecule has 0 saturated heterocycles. The van der Waals surface area contributed by atoms with Crippen LogP contribution in [0.5, 0.6) is 0 Å². The van der Waals surface area contributed by atoms with Gasteiger partial charge >= 0.3 is 30.0 Å². The van der Waals surface area contributed by atoms with Crippen molar-refractivity contribution >= 4 is 19.2 Å². The second-order valence-corrected chi connectivity index (χ2v) is 2.95. The number of hydrogen-bond donors (Lipinski definition) is 0. The summed E-state index contributed by atoms with van der Waals surface area (Å²) in [6, 6.07) is 8.47. The van der Waals surface area contributed by atoms with Crippen LogP contribution in [0.1, 0.15) is 17.5 Å². The Hall–Kier alpha value is -0.197. The zero-order valence-corrected chi connectivity index (χ0v) is 12.6. The van der Waals surface area contributed by atoms with Gasteiger partial charge < -0.3 is 0 Å². The van der Waals surface area contributed by atoms with E-state index in [-0.39, 0.29) is 0 Å². The van der Waals surface area contributed by atoms with Crippen LogP contribution in [0.15, 0.2) is 36.9 Å². The first kappa shape index (κ1) is 11.9. The fraction of sp³-hybridized carbons (Fsp3) is 0.167. The minimum atomic E-state index is 1.03. The van der Waals surface area contributed by atoms with Crippen LogP contribution in [0.4, 0.5) is 0 Å². The molecule has 0 N–H and O–H groups in total. The van der Waals surface area contributed by atoms with Gasteiger partial charge in [-0.1, -0.05) is 30.2 Å². The standard InChI is InChI=1S/C12H11.BrH.Zn/c1-2-10-7-5-8-11-6-3-4-9-12(10)11;;/h2-4,6,9H,1,5,8H2;1H;/q-1;;+2/p-1. The summed E-state index contributed by atoms with van der Waals surface area (Å²) >= 11 is 4.25. The summed E-state index contributed by atoms with van der Waals surface area (Å²) in [6.45, 7) is 3.78. The summed E-state index contributed by atoms with van der Waals surface area (Å²) in [5.41, 5.74) is 3.89. The summed E-state index contributed by atoms with van der Waals surface area (Å²) in [6.07, 6.45) is 7.36. The van der Waals surface area contributed by atoms with Crippen molar-refractivity contribution in [2.75, 3.05) is 0 Å². The van der Waals surface area contributed by atoms with Crippen LogP contribution >= 0.6 is 13.6 Å². The molecule has 2 heteroatoms. The molecule has 0 heterocycles. The van der Waals surface area contributed by atoms with Crippen molar-refractivity contribution in [2.45, 2.75) is 12.8 Å². The molecule has 1 aliphatic carbocycles. The molecule has 1 aromatic carbocycles. The topological polar surface area (TPSA) is 0 Å². The summed E-state index contributed by atoms with van der Waals surface area (Å²) < 4.78 is 0. The number of aryl methyl sites for hydroxylation is 1. The van der Waals surface area contributed by atoms with Crippen molar-refractivity contribution < 1.29 is 16.3 Å². The van der Waals surface area contributed by atoms with Gasteiger partial charge in [0.25, 0.3) is 0 Å². The zero-order valence-electron chi connectivity index (χ0n) is 8.09. The molecule has 0 nitrogen and oxygen atoms in total. The van der Waals surface area contributed by atoms with Gasteiger partial charge in [0.1, 0.15) is 0 Å². The van der Waals surface area contributed by atoms with Crippen LogP contribution in [-0.4, -0.2) is 0 Å². The molecule has 1 aliphatic rings. The van der Waals surface area contributed by atoms with E-state index in [4.69, 9.17) is 0 Å². The third-order valence-electron chi connectivity index (χ3n) is 2.22. The van der Waals surface area contributed by atoms with Crippen molar-refractivity contribution in [3.05, 3.63) is 54.1 Å². The predicted molar refractivity (Wildman–Crippen MR) is 60.5 cm³/mol. The molecule has 0 aliphatic heterocycles. The Balaban J connectivity index is 0.000000461. The van der Waals surface area contributed by atoms with Crippen LogP contribution in [0.25, 0.3) is 5.57 Å². The van der Waals surface area contributed by atoms with Gasteiger partial charge in [0, 0.05) is 0 Å². The minimum absolute atomic E-state index is 1.03. The van der Waals surface area contributed by atoms with Crippen molar-refractivity contribution in [2.24, 2.45) is 0 Å². The first-order valence-corrected chi connectivity index (χ1v) is 11.4. The maximum absolute atomic E-state index is 3.78. The van der Waals surface area contributed by atoms with Crippen LogP contribution in [0.2, 0.25) is 0 Å². The fourth-order valence-corrected chi connectivity index (χ4v) is 1.61. The molecule has 2 rings (SSSR count). The maximum atomic E-state index is 3.78. The number of allylic oxidation sites excluding steroid dienone is 3. The molecule has 0 spiro atoms. The Kier molecular flexibility index (Phi) is 5.36. The van der Waals surface area contributed by atoms with Crippen LogP contribution in [0.3, 0.4) is 0 Å². The Bertz CT molecular complexity index is 342. The molecule has 0 aromatic heterocycles. The third kappa shape index (κ3) is 2.65. The van der Waals surface area contributed by atoms with Gasteiger partial charge in [0.05, 0.1) is 0 Å². The molecule has 0 saturated carbocycles. The van der Waals surface area contributed by atoms with E-state index in [1.807, 2.05) is 6.08 Å². The van der Waals surface area contributed by atoms with Gasteiger partial charge in [-0.3, -0.25) is 0 Å². The SMILES string of the molecule is C=CC1=[C-]CCc2ccccc21.[Zn+][Br]. The van der Waals surface area contributed by atoms with Crippen LogP contribution < -0.4 is 0 Å². The molecule has 68 valence electrons. The average Bonchev–Trinajstić information content (AvgIpc) is 2.31. The Morgan fingerprint density at radius 2 is 2.07 bits per heavy atom. The predicted octanol–water partition coefficient (Wildman–Crippen LogP) is 3.85. The molecule has 0 radical (unpaired) electrons. The molecule has 0 unspecified atom stereocenters. The van der Waals surface area contributed by atoms with E-state index in [1.165, 1.54) is 27.5 Å². The monoisotopic (exact) mass is 298 g/mol. The van der Waals surface area contributed by atoms with Crippen molar-refractivity contribution in [1.82, 2.24) is 0 Å². The Morgan fingerprint density at radius 1 is 1.36 bits per heavy atom. The van der Waals surface area contributed by atoms with Gasteiger partial charge in [-0.2, -0.15) is 18.2 Å². The van der Waals surface area contributed by atoms with Gasteiger partial charge in [0.2, 0.25) is 0 Å². The third-order valence-corrected chi connectivity index (χ3v) is 2.22. The normalized spacial score (nSPS) is 13.2. The Morgan fingerprint density at radius 3 is 2.79 bits per heavy atom. The first-order chi connectivity index (χ1) is 6.92. The molecular formula is C12H11BrZn. The first-order valence-electron chi connectivity index (χ1n) is 4.50. The van der Waals surface area contributed by atoms with E-state index >= 15 is 0 Å². The van der Waals surface area contributed by atoms with E-state index in [0.29, 0.717) is 0 Å². The Labute approximate surface area is 102 Å². The molecule has 0 amide bonds. The number of rotatable bonds is 1. The summed E-state index contributed by atoms with van der Waals surface area (Å²) in [5, 5.41) is 0. The molecule has 1 aromatic rings. The average molecular weight is 301 g/mol. The van der Waals surface area contributed by atoms with Crippen molar-refractivity contribution in [3.63, 3.8) is 0 Å². The number of hydrogen-bond acceptors (Lipinski definition) is 0. The molecule has 0 atom stereocenters. The molecule has 0 fully saturated rings. The van der Waals surface area contributed by atoms with Crippen molar-refractivity contribution in [1.29, 1.82) is 0 Å². The summed E-state index contributed by atoms with van der Waals surface area (Å²) in [5.74, 6) is 0. The van der Waals surface area contributed by atoms with Crippen LogP contribution in [-0.2, 0) is 22.8 Å². The van der Waals surface area contributed by atoms with Crippen molar-refractivity contribution in [3.8, 4) is 0 Å². The van der Waals surface area contributed by atoms with E-state index in [2.05, 4.69) is 50.5 Å². The number of halogens is 1. The number of benzene rings is 1. The zero-order chi connectivity index (χ0) is 10.4. The number of fused-ring (bicyclic) bond motifs is 1. The molecular weight excluding hydrogens is 289 g/mol. The van der Waals surface area contributed by atoms with Gasteiger partial charge in [-0.05, 0) is 6.42 Å². The van der Waals surface area contributed by atoms with E-state index in [0.717, 1.165) is 18.4 Å². The fourth-order valence-electron chi connectivity index (χ4n) is 1.61. The van der Waals surface area contributed by atoms with Gasteiger partial charge in [-0.25, -0.2) is 6.08 Å². The second-order valence-electron chi connectivity index (χ2n) is 2.95. The summed E-state index contributed by atoms with van der Waals surface area (Å²) in [7, 11) is 0. The molecule has 0 bridgehead atoms. The van der Waals surface area contributed by atoms with E-state index in [1.54, 1.807) is 0 Å². The van der Waals surface area contributed by atoms with E-state index in [9.17, 15) is 0 Å². The van der Waals surface area contributed by atoms with Gasteiger partial charge in [-0.15, -0.1) is 11.6 Å². The van der Waals surface area contributed by atoms with E-state index < -0.39 is 0 Å². The summed E-state index contributed by atoms with van der Waals surface area (Å²) in [4.78, 5) is 0. The van der Waals surface area contributed by atoms with Crippen LogP contribution in [0, 0.1) is 6.08 Å². The second kappa shape index (κ2) is 6.32. The van der Waals surface area contributed by atoms with Gasteiger partial charge in [0.15, 0.2) is 0 Å². The quantitative estimate of drug-likeness (QED) is 0.546.